The van der Waals surface area contributed by atoms with Gasteiger partial charge in [0.05, 0.1) is 4.90 Å². The molecule has 0 aliphatic rings. The molecule has 16 heavy (non-hydrogen) atoms. The molecule has 0 spiro atoms. The fourth-order valence-electron chi connectivity index (χ4n) is 1.41. The van der Waals surface area contributed by atoms with E-state index in [-0.39, 0.29) is 16.4 Å². The van der Waals surface area contributed by atoms with E-state index in [0.29, 0.717) is 10.8 Å². The molecule has 0 aliphatic carbocycles. The third-order valence-corrected chi connectivity index (χ3v) is 3.05. The van der Waals surface area contributed by atoms with Crippen LogP contribution in [0.3, 0.4) is 0 Å². The molecule has 2 aromatic carbocycles. The van der Waals surface area contributed by atoms with Crippen molar-refractivity contribution in [2.45, 2.75) is 4.90 Å². The van der Waals surface area contributed by atoms with Crippen molar-refractivity contribution in [1.29, 1.82) is 0 Å². The summed E-state index contributed by atoms with van der Waals surface area (Å²) in [6.45, 7) is 0. The number of rotatable bonds is 1. The highest BCUT2D eigenvalue weighted by Crippen LogP contribution is 2.31. The SMILES string of the molecule is O=S(=O)(O)c1ccc2cc(O)c(O)cc2c1. The van der Waals surface area contributed by atoms with Crippen molar-refractivity contribution >= 4 is 20.9 Å². The number of phenolic OH excluding ortho intramolecular Hbond substituents is 2. The van der Waals surface area contributed by atoms with E-state index >= 15 is 0 Å². The van der Waals surface area contributed by atoms with Crippen LogP contribution < -0.4 is 0 Å². The lowest BCUT2D eigenvalue weighted by Gasteiger charge is -2.03. The van der Waals surface area contributed by atoms with Crippen LogP contribution in [0.1, 0.15) is 0 Å². The summed E-state index contributed by atoms with van der Waals surface area (Å²) >= 11 is 0. The molecule has 3 N–H and O–H groups in total. The molecule has 0 unspecified atom stereocenters. The van der Waals surface area contributed by atoms with E-state index in [0.717, 1.165) is 0 Å². The second-order valence-electron chi connectivity index (χ2n) is 3.32. The molecule has 0 heterocycles. The second-order valence-corrected chi connectivity index (χ2v) is 4.75. The summed E-state index contributed by atoms with van der Waals surface area (Å²) in [6, 6.07) is 6.38. The quantitative estimate of drug-likeness (QED) is 0.518. The predicted molar refractivity (Wildman–Crippen MR) is 57.1 cm³/mol. The first-order chi connectivity index (χ1) is 7.38. The topological polar surface area (TPSA) is 94.8 Å². The molecule has 0 aliphatic heterocycles. The van der Waals surface area contributed by atoms with Crippen LogP contribution in [-0.2, 0) is 10.1 Å². The van der Waals surface area contributed by atoms with Gasteiger partial charge in [-0.25, -0.2) is 0 Å². The Bertz CT molecular complexity index is 660. The monoisotopic (exact) mass is 240 g/mol. The number of hydrogen-bond donors (Lipinski definition) is 3. The van der Waals surface area contributed by atoms with E-state index in [4.69, 9.17) is 4.55 Å². The minimum atomic E-state index is -4.26. The predicted octanol–water partition coefficient (Wildman–Crippen LogP) is 1.50. The van der Waals surface area contributed by atoms with Gasteiger partial charge in [0.15, 0.2) is 11.5 Å². The van der Waals surface area contributed by atoms with Gasteiger partial charge in [-0.15, -0.1) is 0 Å². The van der Waals surface area contributed by atoms with Crippen LogP contribution in [-0.4, -0.2) is 23.2 Å². The minimum absolute atomic E-state index is 0.259. The van der Waals surface area contributed by atoms with Gasteiger partial charge in [0, 0.05) is 0 Å². The first-order valence-corrected chi connectivity index (χ1v) is 5.75. The van der Waals surface area contributed by atoms with Gasteiger partial charge < -0.3 is 10.2 Å². The molecule has 0 amide bonds. The average molecular weight is 240 g/mol. The van der Waals surface area contributed by atoms with Gasteiger partial charge in [0.1, 0.15) is 0 Å². The Hall–Kier alpha value is -1.79. The van der Waals surface area contributed by atoms with Crippen LogP contribution in [0.25, 0.3) is 10.8 Å². The molecule has 0 aromatic heterocycles. The Kier molecular flexibility index (Phi) is 2.25. The summed E-state index contributed by atoms with van der Waals surface area (Å²) in [6.07, 6.45) is 0. The second kappa shape index (κ2) is 3.36. The molecule has 0 radical (unpaired) electrons. The number of benzene rings is 2. The fraction of sp³-hybridized carbons (Fsp3) is 0. The average Bonchev–Trinajstić information content (AvgIpc) is 2.17. The maximum Gasteiger partial charge on any atom is 0.294 e. The molecule has 5 nitrogen and oxygen atoms in total. The molecule has 0 fully saturated rings. The summed E-state index contributed by atoms with van der Waals surface area (Å²) in [5.41, 5.74) is 0. The lowest BCUT2D eigenvalue weighted by molar-refractivity contribution is 0.405. The zero-order chi connectivity index (χ0) is 11.9. The summed E-state index contributed by atoms with van der Waals surface area (Å²) in [5.74, 6) is -0.632. The van der Waals surface area contributed by atoms with Crippen molar-refractivity contribution in [3.63, 3.8) is 0 Å². The largest absolute Gasteiger partial charge is 0.504 e. The lowest BCUT2D eigenvalue weighted by atomic mass is 10.1. The molecule has 2 aromatic rings. The Morgan fingerprint density at radius 1 is 0.875 bits per heavy atom. The van der Waals surface area contributed by atoms with Gasteiger partial charge >= 0.3 is 0 Å². The van der Waals surface area contributed by atoms with Crippen molar-refractivity contribution in [3.05, 3.63) is 30.3 Å². The normalized spacial score (nSPS) is 11.8. The third-order valence-electron chi connectivity index (χ3n) is 2.20. The van der Waals surface area contributed by atoms with Crippen molar-refractivity contribution < 1.29 is 23.2 Å². The lowest BCUT2D eigenvalue weighted by Crippen LogP contribution is -1.97. The molecular formula is C10H8O5S. The molecule has 0 bridgehead atoms. The van der Waals surface area contributed by atoms with Crippen LogP contribution in [0.15, 0.2) is 35.2 Å². The summed E-state index contributed by atoms with van der Waals surface area (Å²) in [7, 11) is -4.26. The van der Waals surface area contributed by atoms with E-state index in [1.807, 2.05) is 0 Å². The number of phenols is 2. The highest BCUT2D eigenvalue weighted by Gasteiger charge is 2.10. The summed E-state index contributed by atoms with van der Waals surface area (Å²) in [5, 5.41) is 19.4. The fourth-order valence-corrected chi connectivity index (χ4v) is 1.93. The first-order valence-electron chi connectivity index (χ1n) is 4.31. The van der Waals surface area contributed by atoms with Crippen LogP contribution in [0.4, 0.5) is 0 Å². The zero-order valence-electron chi connectivity index (χ0n) is 7.95. The zero-order valence-corrected chi connectivity index (χ0v) is 8.77. The van der Waals surface area contributed by atoms with Crippen LogP contribution in [0, 0.1) is 0 Å². The maximum atomic E-state index is 10.9. The van der Waals surface area contributed by atoms with E-state index in [1.54, 1.807) is 0 Å². The van der Waals surface area contributed by atoms with Crippen molar-refractivity contribution in [3.8, 4) is 11.5 Å². The number of aromatic hydroxyl groups is 2. The van der Waals surface area contributed by atoms with E-state index < -0.39 is 10.1 Å². The molecule has 0 saturated heterocycles. The van der Waals surface area contributed by atoms with Crippen molar-refractivity contribution in [2.24, 2.45) is 0 Å². The highest BCUT2D eigenvalue weighted by molar-refractivity contribution is 7.85. The highest BCUT2D eigenvalue weighted by atomic mass is 32.2. The molecule has 84 valence electrons. The Balaban J connectivity index is 2.77. The molecule has 6 heteroatoms. The third kappa shape index (κ3) is 1.80. The van der Waals surface area contributed by atoms with Gasteiger partial charge in [-0.3, -0.25) is 4.55 Å². The smallest absolute Gasteiger partial charge is 0.294 e. The molecule has 2 rings (SSSR count). The van der Waals surface area contributed by atoms with Crippen LogP contribution in [0.5, 0.6) is 11.5 Å². The van der Waals surface area contributed by atoms with Gasteiger partial charge in [0.2, 0.25) is 0 Å². The Morgan fingerprint density at radius 3 is 2.00 bits per heavy atom. The van der Waals surface area contributed by atoms with Gasteiger partial charge in [-0.2, -0.15) is 8.42 Å². The van der Waals surface area contributed by atoms with Crippen molar-refractivity contribution in [2.75, 3.05) is 0 Å². The Morgan fingerprint density at radius 2 is 1.44 bits per heavy atom. The Labute approximate surface area is 91.3 Å². The first kappa shape index (κ1) is 10.7. The van der Waals surface area contributed by atoms with Crippen LogP contribution >= 0.6 is 0 Å². The van der Waals surface area contributed by atoms with Gasteiger partial charge in [-0.05, 0) is 35.0 Å². The summed E-state index contributed by atoms with van der Waals surface area (Å²) < 4.78 is 30.6. The maximum absolute atomic E-state index is 10.9. The van der Waals surface area contributed by atoms with E-state index in [2.05, 4.69) is 0 Å². The molecular weight excluding hydrogens is 232 g/mol. The van der Waals surface area contributed by atoms with Gasteiger partial charge in [-0.1, -0.05) is 6.07 Å². The minimum Gasteiger partial charge on any atom is -0.504 e. The van der Waals surface area contributed by atoms with E-state index in [9.17, 15) is 18.6 Å². The molecule has 0 atom stereocenters. The van der Waals surface area contributed by atoms with Gasteiger partial charge in [0.25, 0.3) is 10.1 Å². The molecule has 0 saturated carbocycles. The number of fused-ring (bicyclic) bond motifs is 1. The standard InChI is InChI=1S/C10H8O5S/c11-9-4-6-1-2-8(16(13,14)15)3-7(6)5-10(9)12/h1-5,11-12H,(H,13,14,15). The summed E-state index contributed by atoms with van der Waals surface area (Å²) in [4.78, 5) is -0.259. The van der Waals surface area contributed by atoms with E-state index in [1.165, 1.54) is 30.3 Å². The van der Waals surface area contributed by atoms with Crippen LogP contribution in [0.2, 0.25) is 0 Å². The number of hydrogen-bond acceptors (Lipinski definition) is 4. The van der Waals surface area contributed by atoms with Crippen molar-refractivity contribution in [1.82, 2.24) is 0 Å².